The molecular formula is C13H18ClNO3S. The van der Waals surface area contributed by atoms with E-state index < -0.39 is 10.3 Å². The molecule has 0 N–H and O–H groups in total. The van der Waals surface area contributed by atoms with Crippen LogP contribution in [0.2, 0.25) is 0 Å². The molecule has 1 aliphatic rings. The minimum absolute atomic E-state index is 0. The standard InChI is InChI=1S/C13H17NO3S.ClH/c1-9-6-10(17-3)7-12-11(9)4-5-14(2)8-13(12)18(15)16;/h6-7H,4-5,8H2,1-3H3;1H. The third-order valence-corrected chi connectivity index (χ3v) is 4.09. The molecule has 0 aromatic heterocycles. The van der Waals surface area contributed by atoms with Crippen molar-refractivity contribution in [1.82, 2.24) is 4.90 Å². The number of rotatable bonds is 1. The fourth-order valence-corrected chi connectivity index (χ4v) is 3.02. The molecule has 0 fully saturated rings. The molecule has 0 unspecified atom stereocenters. The summed E-state index contributed by atoms with van der Waals surface area (Å²) >= 11 is 0. The topological polar surface area (TPSA) is 46.6 Å². The Kier molecular flexibility index (Phi) is 5.40. The molecule has 6 heteroatoms. The smallest absolute Gasteiger partial charge is 0.219 e. The first-order valence-corrected chi connectivity index (χ1v) is 6.92. The third kappa shape index (κ3) is 3.29. The first kappa shape index (κ1) is 16.0. The summed E-state index contributed by atoms with van der Waals surface area (Å²) in [7, 11) is 1.34. The number of methoxy groups -OCH3 is 1. The van der Waals surface area contributed by atoms with Crippen molar-refractivity contribution in [3.63, 3.8) is 0 Å². The summed E-state index contributed by atoms with van der Waals surface area (Å²) < 4.78 is 28.1. The molecule has 4 nitrogen and oxygen atoms in total. The zero-order valence-electron chi connectivity index (χ0n) is 11.3. The number of benzene rings is 1. The number of halogens is 1. The zero-order valence-corrected chi connectivity index (χ0v) is 12.9. The van der Waals surface area contributed by atoms with Crippen molar-refractivity contribution in [1.29, 1.82) is 0 Å². The predicted molar refractivity (Wildman–Crippen MR) is 79.2 cm³/mol. The van der Waals surface area contributed by atoms with Crippen LogP contribution in [0.1, 0.15) is 16.7 Å². The summed E-state index contributed by atoms with van der Waals surface area (Å²) in [5.41, 5.74) is 3.01. The van der Waals surface area contributed by atoms with Crippen molar-refractivity contribution in [2.45, 2.75) is 13.3 Å². The highest BCUT2D eigenvalue weighted by Gasteiger charge is 2.20. The monoisotopic (exact) mass is 303 g/mol. The van der Waals surface area contributed by atoms with Crippen molar-refractivity contribution < 1.29 is 13.2 Å². The van der Waals surface area contributed by atoms with Crippen molar-refractivity contribution in [2.24, 2.45) is 0 Å². The number of nitrogens with zero attached hydrogens (tertiary/aromatic N) is 1. The van der Waals surface area contributed by atoms with Gasteiger partial charge >= 0.3 is 0 Å². The van der Waals surface area contributed by atoms with E-state index in [0.717, 1.165) is 29.7 Å². The van der Waals surface area contributed by atoms with Gasteiger partial charge in [-0.05, 0) is 43.7 Å². The summed E-state index contributed by atoms with van der Waals surface area (Å²) in [6.07, 6.45) is 0.863. The molecule has 1 aromatic rings. The molecule has 0 bridgehead atoms. The predicted octanol–water partition coefficient (Wildman–Crippen LogP) is 1.31. The highest BCUT2D eigenvalue weighted by molar-refractivity contribution is 7.73. The zero-order chi connectivity index (χ0) is 13.3. The molecule has 0 saturated heterocycles. The molecule has 0 radical (unpaired) electrons. The van der Waals surface area contributed by atoms with E-state index in [1.807, 2.05) is 31.0 Å². The Morgan fingerprint density at radius 2 is 2.00 bits per heavy atom. The average Bonchev–Trinajstić information content (AvgIpc) is 2.49. The second-order valence-electron chi connectivity index (χ2n) is 4.62. The number of hydrogen-bond acceptors (Lipinski definition) is 4. The van der Waals surface area contributed by atoms with Crippen LogP contribution >= 0.6 is 12.4 Å². The number of aryl methyl sites for hydroxylation is 1. The molecule has 2 rings (SSSR count). The van der Waals surface area contributed by atoms with Crippen LogP contribution in [0.15, 0.2) is 12.1 Å². The molecule has 106 valence electrons. The maximum Gasteiger partial charge on any atom is 0.219 e. The van der Waals surface area contributed by atoms with E-state index in [1.54, 1.807) is 7.11 Å². The van der Waals surface area contributed by atoms with E-state index in [2.05, 4.69) is 0 Å². The lowest BCUT2D eigenvalue weighted by Gasteiger charge is -2.11. The normalized spacial score (nSPS) is 15.2. The number of fused-ring (bicyclic) bond motifs is 1. The second-order valence-corrected chi connectivity index (χ2v) is 5.58. The first-order chi connectivity index (χ1) is 8.52. The Balaban J connectivity index is 0.00000180. The van der Waals surface area contributed by atoms with Gasteiger partial charge in [0.1, 0.15) is 5.75 Å². The van der Waals surface area contributed by atoms with Crippen LogP contribution in [0.3, 0.4) is 0 Å². The van der Waals surface area contributed by atoms with Gasteiger partial charge in [-0.3, -0.25) is 0 Å². The van der Waals surface area contributed by atoms with Crippen LogP contribution in [0.25, 0.3) is 0 Å². The van der Waals surface area contributed by atoms with Crippen LogP contribution in [-0.2, 0) is 16.7 Å². The third-order valence-electron chi connectivity index (χ3n) is 3.34. The summed E-state index contributed by atoms with van der Waals surface area (Å²) in [5.74, 6) is 0.707. The summed E-state index contributed by atoms with van der Waals surface area (Å²) in [4.78, 5) is 2.48. The van der Waals surface area contributed by atoms with Gasteiger partial charge in [0.15, 0.2) is 0 Å². The van der Waals surface area contributed by atoms with Gasteiger partial charge in [0.2, 0.25) is 10.3 Å². The SMILES string of the molecule is COc1cc(C)c2c(c1)C(=S(=O)=O)CN(C)CC2.Cl. The Morgan fingerprint density at radius 3 is 2.58 bits per heavy atom. The van der Waals surface area contributed by atoms with Gasteiger partial charge < -0.3 is 9.64 Å². The first-order valence-electron chi connectivity index (χ1n) is 5.84. The van der Waals surface area contributed by atoms with Crippen molar-refractivity contribution in [3.05, 3.63) is 28.8 Å². The molecule has 0 spiro atoms. The minimum atomic E-state index is -2.19. The Labute approximate surface area is 121 Å². The highest BCUT2D eigenvalue weighted by atomic mass is 35.5. The van der Waals surface area contributed by atoms with Crippen LogP contribution in [-0.4, -0.2) is 45.4 Å². The molecule has 1 aromatic carbocycles. The van der Waals surface area contributed by atoms with Crippen LogP contribution < -0.4 is 4.74 Å². The second kappa shape index (κ2) is 6.41. The van der Waals surface area contributed by atoms with Gasteiger partial charge in [0.05, 0.1) is 12.0 Å². The summed E-state index contributed by atoms with van der Waals surface area (Å²) in [6.45, 7) is 3.31. The van der Waals surface area contributed by atoms with Crippen LogP contribution in [0.5, 0.6) is 5.75 Å². The van der Waals surface area contributed by atoms with Crippen molar-refractivity contribution in [3.8, 4) is 5.75 Å². The largest absolute Gasteiger partial charge is 0.497 e. The van der Waals surface area contributed by atoms with E-state index >= 15 is 0 Å². The van der Waals surface area contributed by atoms with Crippen molar-refractivity contribution in [2.75, 3.05) is 27.2 Å². The molecule has 1 heterocycles. The fraction of sp³-hybridized carbons (Fsp3) is 0.462. The van der Waals surface area contributed by atoms with Gasteiger partial charge in [-0.15, -0.1) is 12.4 Å². The minimum Gasteiger partial charge on any atom is -0.497 e. The summed E-state index contributed by atoms with van der Waals surface area (Å²) in [5, 5.41) is 0. The van der Waals surface area contributed by atoms with Crippen LogP contribution in [0.4, 0.5) is 0 Å². The molecule has 0 saturated carbocycles. The highest BCUT2D eigenvalue weighted by Crippen LogP contribution is 2.25. The maximum atomic E-state index is 11.4. The quantitative estimate of drug-likeness (QED) is 0.734. The number of ether oxygens (including phenoxy) is 1. The molecular weight excluding hydrogens is 286 g/mol. The van der Waals surface area contributed by atoms with Gasteiger partial charge in [-0.2, -0.15) is 8.42 Å². The van der Waals surface area contributed by atoms with Gasteiger partial charge in [-0.1, -0.05) is 0 Å². The number of likely N-dealkylation sites (N-methyl/N-ethyl adjacent to an activating group) is 1. The van der Waals surface area contributed by atoms with E-state index in [1.165, 1.54) is 0 Å². The molecule has 0 atom stereocenters. The van der Waals surface area contributed by atoms with E-state index in [4.69, 9.17) is 4.74 Å². The van der Waals surface area contributed by atoms with Crippen LogP contribution in [0, 0.1) is 6.92 Å². The maximum absolute atomic E-state index is 11.4. The molecule has 0 aliphatic carbocycles. The Morgan fingerprint density at radius 1 is 1.32 bits per heavy atom. The van der Waals surface area contributed by atoms with Gasteiger partial charge in [0, 0.05) is 18.7 Å². The van der Waals surface area contributed by atoms with E-state index in [9.17, 15) is 8.42 Å². The molecule has 19 heavy (non-hydrogen) atoms. The lowest BCUT2D eigenvalue weighted by atomic mass is 9.97. The fourth-order valence-electron chi connectivity index (χ4n) is 2.34. The Bertz CT molecular complexity index is 603. The van der Waals surface area contributed by atoms with Gasteiger partial charge in [0.25, 0.3) is 0 Å². The Hall–Kier alpha value is -1.04. The molecule has 0 amide bonds. The number of hydrogen-bond donors (Lipinski definition) is 0. The molecule has 1 aliphatic heterocycles. The lowest BCUT2D eigenvalue weighted by molar-refractivity contribution is 0.391. The van der Waals surface area contributed by atoms with Crippen molar-refractivity contribution >= 4 is 27.6 Å². The average molecular weight is 304 g/mol. The van der Waals surface area contributed by atoms with E-state index in [0.29, 0.717) is 17.2 Å². The lowest BCUT2D eigenvalue weighted by Crippen LogP contribution is -2.25. The van der Waals surface area contributed by atoms with Gasteiger partial charge in [-0.25, -0.2) is 0 Å². The van der Waals surface area contributed by atoms with E-state index in [-0.39, 0.29) is 12.4 Å². The summed E-state index contributed by atoms with van der Waals surface area (Å²) in [6, 6.07) is 3.78.